The topological polar surface area (TPSA) is 43.8 Å². The van der Waals surface area contributed by atoms with Gasteiger partial charge in [0.1, 0.15) is 5.82 Å². The molecule has 0 aromatic carbocycles. The molecule has 0 spiro atoms. The Morgan fingerprint density at radius 1 is 1.36 bits per heavy atom. The van der Waals surface area contributed by atoms with Crippen LogP contribution in [0.3, 0.4) is 0 Å². The molecular formula is C11H19N3. The van der Waals surface area contributed by atoms with E-state index in [1.165, 1.54) is 32.1 Å². The van der Waals surface area contributed by atoms with Crippen molar-refractivity contribution in [2.45, 2.75) is 45.2 Å². The second kappa shape index (κ2) is 4.60. The van der Waals surface area contributed by atoms with Crippen LogP contribution >= 0.6 is 0 Å². The average molecular weight is 193 g/mol. The van der Waals surface area contributed by atoms with E-state index in [-0.39, 0.29) is 0 Å². The first-order valence-corrected chi connectivity index (χ1v) is 5.60. The molecule has 3 heteroatoms. The third kappa shape index (κ3) is 2.15. The van der Waals surface area contributed by atoms with Gasteiger partial charge in [-0.15, -0.1) is 0 Å². The molecule has 1 aliphatic carbocycles. The molecule has 0 atom stereocenters. The van der Waals surface area contributed by atoms with Crippen molar-refractivity contribution >= 4 is 0 Å². The van der Waals surface area contributed by atoms with Gasteiger partial charge in [-0.1, -0.05) is 19.3 Å². The summed E-state index contributed by atoms with van der Waals surface area (Å²) in [6.45, 7) is 1.67. The molecular weight excluding hydrogens is 174 g/mol. The van der Waals surface area contributed by atoms with E-state index in [4.69, 9.17) is 5.73 Å². The Balaban J connectivity index is 1.95. The van der Waals surface area contributed by atoms with E-state index >= 15 is 0 Å². The van der Waals surface area contributed by atoms with Gasteiger partial charge in [-0.05, 0) is 18.8 Å². The van der Waals surface area contributed by atoms with E-state index < -0.39 is 0 Å². The van der Waals surface area contributed by atoms with Crippen LogP contribution in [-0.4, -0.2) is 9.55 Å². The van der Waals surface area contributed by atoms with E-state index in [1.807, 2.05) is 6.20 Å². The number of hydrogen-bond donors (Lipinski definition) is 1. The third-order valence-electron chi connectivity index (χ3n) is 3.16. The molecule has 14 heavy (non-hydrogen) atoms. The van der Waals surface area contributed by atoms with Crippen LogP contribution < -0.4 is 5.73 Å². The van der Waals surface area contributed by atoms with Gasteiger partial charge in [0, 0.05) is 18.9 Å². The van der Waals surface area contributed by atoms with E-state index in [9.17, 15) is 0 Å². The quantitative estimate of drug-likeness (QED) is 0.797. The summed E-state index contributed by atoms with van der Waals surface area (Å²) >= 11 is 0. The number of aromatic nitrogens is 2. The maximum Gasteiger partial charge on any atom is 0.122 e. The summed E-state index contributed by atoms with van der Waals surface area (Å²) in [6.07, 6.45) is 10.9. The minimum absolute atomic E-state index is 0.555. The highest BCUT2D eigenvalue weighted by Gasteiger charge is 2.14. The summed E-state index contributed by atoms with van der Waals surface area (Å²) in [4.78, 5) is 4.24. The van der Waals surface area contributed by atoms with E-state index in [1.54, 1.807) is 0 Å². The Labute approximate surface area is 85.3 Å². The van der Waals surface area contributed by atoms with Gasteiger partial charge in [0.15, 0.2) is 0 Å². The maximum absolute atomic E-state index is 5.62. The monoisotopic (exact) mass is 193 g/mol. The fraction of sp³-hybridized carbons (Fsp3) is 0.727. The zero-order chi connectivity index (χ0) is 9.80. The zero-order valence-electron chi connectivity index (χ0n) is 8.65. The standard InChI is InChI=1S/C11H19N3/c12-8-11-13-6-7-14(11)9-10-4-2-1-3-5-10/h6-7,10H,1-5,8-9,12H2. The van der Waals surface area contributed by atoms with Crippen molar-refractivity contribution < 1.29 is 0 Å². The summed E-state index contributed by atoms with van der Waals surface area (Å²) in [5.41, 5.74) is 5.62. The molecule has 0 amide bonds. The van der Waals surface area contributed by atoms with Crippen molar-refractivity contribution in [1.29, 1.82) is 0 Å². The van der Waals surface area contributed by atoms with E-state index in [2.05, 4.69) is 15.7 Å². The predicted molar refractivity (Wildman–Crippen MR) is 56.7 cm³/mol. The molecule has 1 aromatic rings. The minimum Gasteiger partial charge on any atom is -0.334 e. The van der Waals surface area contributed by atoms with Gasteiger partial charge in [-0.2, -0.15) is 0 Å². The number of nitrogens with two attached hydrogens (primary N) is 1. The first-order valence-electron chi connectivity index (χ1n) is 5.60. The Hall–Kier alpha value is -0.830. The second-order valence-corrected chi connectivity index (χ2v) is 4.20. The molecule has 1 aliphatic rings. The molecule has 2 N–H and O–H groups in total. The van der Waals surface area contributed by atoms with Crippen molar-refractivity contribution in [1.82, 2.24) is 9.55 Å². The van der Waals surface area contributed by atoms with E-state index in [0.29, 0.717) is 6.54 Å². The van der Waals surface area contributed by atoms with Gasteiger partial charge in [-0.3, -0.25) is 0 Å². The average Bonchev–Trinajstić information content (AvgIpc) is 2.67. The smallest absolute Gasteiger partial charge is 0.122 e. The van der Waals surface area contributed by atoms with Crippen molar-refractivity contribution in [2.24, 2.45) is 11.7 Å². The fourth-order valence-corrected chi connectivity index (χ4v) is 2.34. The van der Waals surface area contributed by atoms with Crippen LogP contribution in [0.5, 0.6) is 0 Å². The summed E-state index contributed by atoms with van der Waals surface area (Å²) in [5, 5.41) is 0. The lowest BCUT2D eigenvalue weighted by molar-refractivity contribution is 0.316. The van der Waals surface area contributed by atoms with Crippen molar-refractivity contribution in [3.05, 3.63) is 18.2 Å². The molecule has 2 rings (SSSR count). The van der Waals surface area contributed by atoms with Crippen LogP contribution in [0.25, 0.3) is 0 Å². The first-order chi connectivity index (χ1) is 6.90. The SMILES string of the molecule is NCc1nccn1CC1CCCCC1. The second-order valence-electron chi connectivity index (χ2n) is 4.20. The number of rotatable bonds is 3. The van der Waals surface area contributed by atoms with Gasteiger partial charge in [0.2, 0.25) is 0 Å². The molecule has 0 radical (unpaired) electrons. The van der Waals surface area contributed by atoms with Crippen LogP contribution in [0.15, 0.2) is 12.4 Å². The van der Waals surface area contributed by atoms with Crippen LogP contribution in [0, 0.1) is 5.92 Å². The maximum atomic E-state index is 5.62. The lowest BCUT2D eigenvalue weighted by Gasteiger charge is -2.22. The van der Waals surface area contributed by atoms with Gasteiger partial charge < -0.3 is 10.3 Å². The van der Waals surface area contributed by atoms with Gasteiger partial charge >= 0.3 is 0 Å². The molecule has 1 fully saturated rings. The molecule has 1 aromatic heterocycles. The lowest BCUT2D eigenvalue weighted by atomic mass is 9.89. The third-order valence-corrected chi connectivity index (χ3v) is 3.16. The summed E-state index contributed by atoms with van der Waals surface area (Å²) < 4.78 is 2.22. The largest absolute Gasteiger partial charge is 0.334 e. The number of nitrogens with zero attached hydrogens (tertiary/aromatic N) is 2. The van der Waals surface area contributed by atoms with Crippen LogP contribution in [0.1, 0.15) is 37.9 Å². The Morgan fingerprint density at radius 2 is 2.14 bits per heavy atom. The summed E-state index contributed by atoms with van der Waals surface area (Å²) in [7, 11) is 0. The number of hydrogen-bond acceptors (Lipinski definition) is 2. The molecule has 1 saturated carbocycles. The van der Waals surface area contributed by atoms with Gasteiger partial charge in [0.05, 0.1) is 6.54 Å². The number of imidazole rings is 1. The Kier molecular flexibility index (Phi) is 3.19. The zero-order valence-corrected chi connectivity index (χ0v) is 8.65. The normalized spacial score (nSPS) is 18.6. The van der Waals surface area contributed by atoms with E-state index in [0.717, 1.165) is 18.3 Å². The highest BCUT2D eigenvalue weighted by Crippen LogP contribution is 2.25. The summed E-state index contributed by atoms with van der Waals surface area (Å²) in [5.74, 6) is 1.87. The van der Waals surface area contributed by atoms with Crippen molar-refractivity contribution in [3.63, 3.8) is 0 Å². The van der Waals surface area contributed by atoms with Crippen molar-refractivity contribution in [2.75, 3.05) is 0 Å². The first kappa shape index (κ1) is 9.71. The lowest BCUT2D eigenvalue weighted by Crippen LogP contribution is -2.16. The fourth-order valence-electron chi connectivity index (χ4n) is 2.34. The van der Waals surface area contributed by atoms with Crippen molar-refractivity contribution in [3.8, 4) is 0 Å². The molecule has 0 unspecified atom stereocenters. The minimum atomic E-state index is 0.555. The Morgan fingerprint density at radius 3 is 2.86 bits per heavy atom. The highest BCUT2D eigenvalue weighted by atomic mass is 15.1. The predicted octanol–water partition coefficient (Wildman–Crippen LogP) is 1.92. The van der Waals surface area contributed by atoms with Crippen LogP contribution in [0.2, 0.25) is 0 Å². The summed E-state index contributed by atoms with van der Waals surface area (Å²) in [6, 6.07) is 0. The van der Waals surface area contributed by atoms with Gasteiger partial charge in [-0.25, -0.2) is 4.98 Å². The molecule has 0 aliphatic heterocycles. The molecule has 0 saturated heterocycles. The molecule has 3 nitrogen and oxygen atoms in total. The molecule has 78 valence electrons. The highest BCUT2D eigenvalue weighted by molar-refractivity contribution is 4.91. The molecule has 1 heterocycles. The molecule has 0 bridgehead atoms. The van der Waals surface area contributed by atoms with Crippen LogP contribution in [0.4, 0.5) is 0 Å². The van der Waals surface area contributed by atoms with Crippen LogP contribution in [-0.2, 0) is 13.1 Å². The Bertz CT molecular complexity index is 274. The van der Waals surface area contributed by atoms with Gasteiger partial charge in [0.25, 0.3) is 0 Å².